The van der Waals surface area contributed by atoms with Crippen molar-refractivity contribution in [1.82, 2.24) is 0 Å². The van der Waals surface area contributed by atoms with Crippen LogP contribution in [0.4, 0.5) is 13.2 Å². The lowest BCUT2D eigenvalue weighted by Crippen LogP contribution is -2.13. The van der Waals surface area contributed by atoms with Gasteiger partial charge < -0.3 is 14.2 Å². The fourth-order valence-electron chi connectivity index (χ4n) is 5.08. The Balaban J connectivity index is 1.41. The SMILES string of the molecule is COC(=O)C[C@@H]1COc2cc(O[C@@H]3CCc4c3ccc(C(F)(F)F)c4Cc3ccc(Cl)cc3)ccc21. The highest BCUT2D eigenvalue weighted by atomic mass is 35.5. The predicted octanol–water partition coefficient (Wildman–Crippen LogP) is 7.06. The molecule has 2 aliphatic rings. The number of benzene rings is 3. The van der Waals surface area contributed by atoms with Crippen LogP contribution in [-0.4, -0.2) is 19.7 Å². The first-order valence-electron chi connectivity index (χ1n) is 11.7. The third-order valence-corrected chi connectivity index (χ3v) is 7.11. The summed E-state index contributed by atoms with van der Waals surface area (Å²) in [7, 11) is 1.36. The van der Waals surface area contributed by atoms with Gasteiger partial charge in [0, 0.05) is 22.6 Å². The van der Waals surface area contributed by atoms with Crippen LogP contribution in [0.15, 0.2) is 54.6 Å². The molecule has 0 radical (unpaired) electrons. The van der Waals surface area contributed by atoms with Crippen LogP contribution in [0.2, 0.25) is 5.02 Å². The molecule has 5 rings (SSSR count). The molecule has 0 saturated heterocycles. The van der Waals surface area contributed by atoms with E-state index in [1.807, 2.05) is 12.1 Å². The molecule has 0 saturated carbocycles. The second-order valence-corrected chi connectivity index (χ2v) is 9.53. The summed E-state index contributed by atoms with van der Waals surface area (Å²) in [6, 6.07) is 15.0. The van der Waals surface area contributed by atoms with Gasteiger partial charge in [0.05, 0.1) is 25.7 Å². The molecule has 0 aromatic heterocycles. The number of rotatable bonds is 6. The van der Waals surface area contributed by atoms with Crippen LogP contribution in [0.5, 0.6) is 11.5 Å². The molecular formula is C28H24ClF3O4. The van der Waals surface area contributed by atoms with E-state index < -0.39 is 11.7 Å². The van der Waals surface area contributed by atoms with Crippen molar-refractivity contribution in [1.29, 1.82) is 0 Å². The van der Waals surface area contributed by atoms with Crippen molar-refractivity contribution in [2.24, 2.45) is 0 Å². The Morgan fingerprint density at radius 2 is 1.83 bits per heavy atom. The molecule has 36 heavy (non-hydrogen) atoms. The largest absolute Gasteiger partial charge is 0.492 e. The van der Waals surface area contributed by atoms with E-state index in [1.165, 1.54) is 13.2 Å². The molecule has 4 nitrogen and oxygen atoms in total. The summed E-state index contributed by atoms with van der Waals surface area (Å²) >= 11 is 5.95. The second kappa shape index (κ2) is 9.69. The summed E-state index contributed by atoms with van der Waals surface area (Å²) < 4.78 is 58.4. The molecule has 0 fully saturated rings. The van der Waals surface area contributed by atoms with Crippen LogP contribution in [0, 0.1) is 0 Å². The highest BCUT2D eigenvalue weighted by Gasteiger charge is 2.37. The Labute approximate surface area is 211 Å². The quantitative estimate of drug-likeness (QED) is 0.329. The highest BCUT2D eigenvalue weighted by molar-refractivity contribution is 6.30. The molecule has 0 unspecified atom stereocenters. The lowest BCUT2D eigenvalue weighted by Gasteiger charge is -2.20. The smallest absolute Gasteiger partial charge is 0.416 e. The van der Waals surface area contributed by atoms with E-state index in [9.17, 15) is 18.0 Å². The molecule has 1 aliphatic carbocycles. The van der Waals surface area contributed by atoms with Crippen LogP contribution < -0.4 is 9.47 Å². The zero-order valence-corrected chi connectivity index (χ0v) is 20.3. The van der Waals surface area contributed by atoms with E-state index >= 15 is 0 Å². The Morgan fingerprint density at radius 3 is 2.56 bits per heavy atom. The third-order valence-electron chi connectivity index (χ3n) is 6.85. The van der Waals surface area contributed by atoms with E-state index in [4.69, 9.17) is 25.8 Å². The van der Waals surface area contributed by atoms with Gasteiger partial charge in [-0.15, -0.1) is 0 Å². The van der Waals surface area contributed by atoms with Gasteiger partial charge >= 0.3 is 12.1 Å². The van der Waals surface area contributed by atoms with E-state index in [1.54, 1.807) is 30.3 Å². The number of hydrogen-bond acceptors (Lipinski definition) is 4. The maximum Gasteiger partial charge on any atom is 0.416 e. The zero-order valence-electron chi connectivity index (χ0n) is 19.5. The number of hydrogen-bond donors (Lipinski definition) is 0. The topological polar surface area (TPSA) is 44.8 Å². The molecule has 1 heterocycles. The summed E-state index contributed by atoms with van der Waals surface area (Å²) in [6.45, 7) is 0.383. The number of halogens is 4. The predicted molar refractivity (Wildman–Crippen MR) is 129 cm³/mol. The molecule has 0 bridgehead atoms. The Morgan fingerprint density at radius 1 is 1.08 bits per heavy atom. The van der Waals surface area contributed by atoms with Crippen molar-refractivity contribution in [3.05, 3.63) is 93.0 Å². The number of carbonyl (C=O) groups excluding carboxylic acids is 1. The molecular weight excluding hydrogens is 493 g/mol. The van der Waals surface area contributed by atoms with Gasteiger partial charge in [-0.3, -0.25) is 4.79 Å². The molecule has 2 atom stereocenters. The van der Waals surface area contributed by atoms with Crippen LogP contribution in [0.25, 0.3) is 0 Å². The van der Waals surface area contributed by atoms with Crippen molar-refractivity contribution < 1.29 is 32.2 Å². The summed E-state index contributed by atoms with van der Waals surface area (Å²) in [4.78, 5) is 11.7. The van der Waals surface area contributed by atoms with Gasteiger partial charge in [-0.1, -0.05) is 35.9 Å². The minimum Gasteiger partial charge on any atom is -0.492 e. The maximum atomic E-state index is 13.9. The average molecular weight is 517 g/mol. The maximum absolute atomic E-state index is 13.9. The van der Waals surface area contributed by atoms with Gasteiger partial charge in [-0.2, -0.15) is 13.2 Å². The second-order valence-electron chi connectivity index (χ2n) is 9.09. The van der Waals surface area contributed by atoms with Crippen molar-refractivity contribution in [2.75, 3.05) is 13.7 Å². The first kappa shape index (κ1) is 24.5. The standard InChI is InChI=1S/C28H24ClF3O4/c1-34-27(33)13-17-15-35-26-14-19(6-7-20(17)26)36-25-11-9-21-22(25)8-10-24(28(30,31)32)23(21)12-16-2-4-18(29)5-3-16/h2-8,10,14,17,25H,9,11-13,15H2,1H3/t17-,25-/m1/s1. The molecule has 0 spiro atoms. The Hall–Kier alpha value is -3.19. The third kappa shape index (κ3) is 4.89. The zero-order chi connectivity index (χ0) is 25.4. The molecule has 8 heteroatoms. The van der Waals surface area contributed by atoms with Crippen molar-refractivity contribution >= 4 is 17.6 Å². The van der Waals surface area contributed by atoms with Gasteiger partial charge in [0.2, 0.25) is 0 Å². The van der Waals surface area contributed by atoms with Gasteiger partial charge in [-0.05, 0) is 65.8 Å². The van der Waals surface area contributed by atoms with Gasteiger partial charge in [0.25, 0.3) is 0 Å². The molecule has 0 amide bonds. The van der Waals surface area contributed by atoms with Crippen LogP contribution in [0.1, 0.15) is 58.2 Å². The number of methoxy groups -OCH3 is 1. The Kier molecular flexibility index (Phi) is 6.60. The van der Waals surface area contributed by atoms with E-state index in [0.29, 0.717) is 41.5 Å². The normalized spacial score (nSPS) is 18.4. The lowest BCUT2D eigenvalue weighted by molar-refractivity contribution is -0.141. The number of alkyl halides is 3. The highest BCUT2D eigenvalue weighted by Crippen LogP contribution is 2.44. The van der Waals surface area contributed by atoms with Gasteiger partial charge in [0.1, 0.15) is 17.6 Å². The van der Waals surface area contributed by atoms with Crippen LogP contribution in [-0.2, 0) is 28.5 Å². The minimum absolute atomic E-state index is 0.0788. The number of fused-ring (bicyclic) bond motifs is 2. The van der Waals surface area contributed by atoms with Crippen LogP contribution in [0.3, 0.4) is 0 Å². The fraction of sp³-hybridized carbons (Fsp3) is 0.321. The van der Waals surface area contributed by atoms with Gasteiger partial charge in [0.15, 0.2) is 0 Å². The summed E-state index contributed by atoms with van der Waals surface area (Å²) in [5, 5.41) is 0.538. The monoisotopic (exact) mass is 516 g/mol. The minimum atomic E-state index is -4.45. The van der Waals surface area contributed by atoms with E-state index in [0.717, 1.165) is 22.8 Å². The molecule has 3 aromatic rings. The molecule has 188 valence electrons. The average Bonchev–Trinajstić information content (AvgIpc) is 3.44. The Bertz CT molecular complexity index is 1290. The van der Waals surface area contributed by atoms with Gasteiger partial charge in [-0.25, -0.2) is 0 Å². The van der Waals surface area contributed by atoms with E-state index in [2.05, 4.69) is 0 Å². The van der Waals surface area contributed by atoms with Crippen molar-refractivity contribution in [2.45, 2.75) is 43.9 Å². The molecule has 1 aliphatic heterocycles. The number of carbonyl (C=O) groups is 1. The first-order chi connectivity index (χ1) is 17.2. The fourth-order valence-corrected chi connectivity index (χ4v) is 5.21. The number of esters is 1. The lowest BCUT2D eigenvalue weighted by atomic mass is 9.92. The summed E-state index contributed by atoms with van der Waals surface area (Å²) in [5.41, 5.74) is 2.83. The first-order valence-corrected chi connectivity index (χ1v) is 12.1. The number of ether oxygens (including phenoxy) is 3. The van der Waals surface area contributed by atoms with Crippen LogP contribution >= 0.6 is 11.6 Å². The summed E-state index contributed by atoms with van der Waals surface area (Å²) in [5.74, 6) is 0.844. The molecule has 3 aromatic carbocycles. The molecule has 0 N–H and O–H groups in total. The summed E-state index contributed by atoms with van der Waals surface area (Å²) in [6.07, 6.45) is -3.35. The van der Waals surface area contributed by atoms with E-state index in [-0.39, 0.29) is 36.4 Å². The van der Waals surface area contributed by atoms with Crippen molar-refractivity contribution in [3.8, 4) is 11.5 Å². The van der Waals surface area contributed by atoms with Crippen molar-refractivity contribution in [3.63, 3.8) is 0 Å².